The molecule has 0 aromatic carbocycles. The zero-order valence-electron chi connectivity index (χ0n) is 10.6. The first-order valence-electron chi connectivity index (χ1n) is 6.77. The van der Waals surface area contributed by atoms with Gasteiger partial charge in [0.2, 0.25) is 0 Å². The Bertz CT molecular complexity index is 272. The van der Waals surface area contributed by atoms with Crippen molar-refractivity contribution in [2.45, 2.75) is 62.8 Å². The second-order valence-corrected chi connectivity index (χ2v) is 6.74. The van der Waals surface area contributed by atoms with E-state index in [1.807, 2.05) is 0 Å². The minimum absolute atomic E-state index is 0.329. The fourth-order valence-electron chi connectivity index (χ4n) is 3.22. The van der Waals surface area contributed by atoms with E-state index in [0.717, 1.165) is 11.7 Å². The molecule has 3 atom stereocenters. The standard InChI is InChI=1S/C13H23NO2S/c1-10-12(7-9-17-10)14-8-3-2-4-11(14)5-6-13(15)16/h10-12H,2-9H2,1H3,(H,15,16). The van der Waals surface area contributed by atoms with Crippen molar-refractivity contribution in [2.75, 3.05) is 12.3 Å². The van der Waals surface area contributed by atoms with Crippen LogP contribution < -0.4 is 0 Å². The summed E-state index contributed by atoms with van der Waals surface area (Å²) in [5.74, 6) is 0.623. The minimum Gasteiger partial charge on any atom is -0.481 e. The summed E-state index contributed by atoms with van der Waals surface area (Å²) in [5, 5.41) is 9.55. The minimum atomic E-state index is -0.649. The third kappa shape index (κ3) is 3.38. The summed E-state index contributed by atoms with van der Waals surface area (Å²) < 4.78 is 0. The molecule has 0 bridgehead atoms. The lowest BCUT2D eigenvalue weighted by Crippen LogP contribution is -2.48. The largest absolute Gasteiger partial charge is 0.481 e. The van der Waals surface area contributed by atoms with E-state index < -0.39 is 5.97 Å². The molecular weight excluding hydrogens is 234 g/mol. The van der Waals surface area contributed by atoms with Gasteiger partial charge in [-0.3, -0.25) is 9.69 Å². The third-order valence-electron chi connectivity index (χ3n) is 4.13. The molecule has 98 valence electrons. The Morgan fingerprint density at radius 3 is 2.88 bits per heavy atom. The van der Waals surface area contributed by atoms with Crippen molar-refractivity contribution in [3.05, 3.63) is 0 Å². The molecule has 0 saturated carbocycles. The smallest absolute Gasteiger partial charge is 0.303 e. The number of nitrogens with zero attached hydrogens (tertiary/aromatic N) is 1. The van der Waals surface area contributed by atoms with E-state index in [4.69, 9.17) is 5.11 Å². The maximum absolute atomic E-state index is 10.7. The molecule has 0 aromatic heterocycles. The number of aliphatic carboxylic acids is 1. The Labute approximate surface area is 108 Å². The number of likely N-dealkylation sites (tertiary alicyclic amines) is 1. The zero-order valence-corrected chi connectivity index (χ0v) is 11.4. The van der Waals surface area contributed by atoms with Crippen LogP contribution in [-0.2, 0) is 4.79 Å². The van der Waals surface area contributed by atoms with Gasteiger partial charge in [-0.1, -0.05) is 13.3 Å². The average Bonchev–Trinajstić information content (AvgIpc) is 2.73. The van der Waals surface area contributed by atoms with Gasteiger partial charge in [0.25, 0.3) is 0 Å². The lowest BCUT2D eigenvalue weighted by molar-refractivity contribution is -0.137. The number of carboxylic acid groups (broad SMARTS) is 1. The van der Waals surface area contributed by atoms with Crippen molar-refractivity contribution in [1.82, 2.24) is 4.90 Å². The van der Waals surface area contributed by atoms with Crippen molar-refractivity contribution >= 4 is 17.7 Å². The molecule has 17 heavy (non-hydrogen) atoms. The van der Waals surface area contributed by atoms with Crippen molar-refractivity contribution in [2.24, 2.45) is 0 Å². The van der Waals surface area contributed by atoms with Crippen LogP contribution in [0.3, 0.4) is 0 Å². The molecular formula is C13H23NO2S. The van der Waals surface area contributed by atoms with Crippen LogP contribution in [0.25, 0.3) is 0 Å². The Balaban J connectivity index is 1.93. The quantitative estimate of drug-likeness (QED) is 0.840. The predicted octanol–water partition coefficient (Wildman–Crippen LogP) is 2.60. The van der Waals surface area contributed by atoms with Gasteiger partial charge in [-0.2, -0.15) is 11.8 Å². The molecule has 3 nitrogen and oxygen atoms in total. The molecule has 2 saturated heterocycles. The lowest BCUT2D eigenvalue weighted by atomic mass is 9.94. The molecule has 0 amide bonds. The summed E-state index contributed by atoms with van der Waals surface area (Å²) in [7, 11) is 0. The van der Waals surface area contributed by atoms with Crippen LogP contribution in [0.1, 0.15) is 45.4 Å². The number of carbonyl (C=O) groups is 1. The summed E-state index contributed by atoms with van der Waals surface area (Å²) in [6.45, 7) is 3.51. The molecule has 2 rings (SSSR count). The van der Waals surface area contributed by atoms with Crippen LogP contribution in [-0.4, -0.2) is 45.6 Å². The molecule has 2 fully saturated rings. The van der Waals surface area contributed by atoms with Gasteiger partial charge in [0.15, 0.2) is 0 Å². The fourth-order valence-corrected chi connectivity index (χ4v) is 4.48. The fraction of sp³-hybridized carbons (Fsp3) is 0.923. The third-order valence-corrected chi connectivity index (χ3v) is 5.44. The number of hydrogen-bond acceptors (Lipinski definition) is 3. The summed E-state index contributed by atoms with van der Waals surface area (Å²) in [5.41, 5.74) is 0. The molecule has 4 heteroatoms. The molecule has 0 aromatic rings. The molecule has 0 radical (unpaired) electrons. The Hall–Kier alpha value is -0.220. The van der Waals surface area contributed by atoms with Crippen LogP contribution in [0, 0.1) is 0 Å². The molecule has 1 N–H and O–H groups in total. The molecule has 2 aliphatic rings. The Kier molecular flexibility index (Phi) is 4.74. The summed E-state index contributed by atoms with van der Waals surface area (Å²) in [6.07, 6.45) is 6.21. The molecule has 2 heterocycles. The summed E-state index contributed by atoms with van der Waals surface area (Å²) in [4.78, 5) is 13.3. The van der Waals surface area contributed by atoms with Crippen LogP contribution >= 0.6 is 11.8 Å². The predicted molar refractivity (Wildman–Crippen MR) is 71.5 cm³/mol. The molecule has 3 unspecified atom stereocenters. The highest BCUT2D eigenvalue weighted by atomic mass is 32.2. The van der Waals surface area contributed by atoms with E-state index in [1.165, 1.54) is 38.0 Å². The van der Waals surface area contributed by atoms with Gasteiger partial charge in [0, 0.05) is 23.8 Å². The number of thioether (sulfide) groups is 1. The van der Waals surface area contributed by atoms with Crippen LogP contribution in [0.5, 0.6) is 0 Å². The molecule has 2 aliphatic heterocycles. The number of hydrogen-bond donors (Lipinski definition) is 1. The van der Waals surface area contributed by atoms with E-state index >= 15 is 0 Å². The van der Waals surface area contributed by atoms with E-state index in [2.05, 4.69) is 23.6 Å². The maximum Gasteiger partial charge on any atom is 0.303 e. The first kappa shape index (κ1) is 13.2. The number of carboxylic acids is 1. The first-order chi connectivity index (χ1) is 8.18. The van der Waals surface area contributed by atoms with Crippen LogP contribution in [0.4, 0.5) is 0 Å². The average molecular weight is 257 g/mol. The van der Waals surface area contributed by atoms with Crippen molar-refractivity contribution < 1.29 is 9.90 Å². The second kappa shape index (κ2) is 6.10. The zero-order chi connectivity index (χ0) is 12.3. The molecule has 0 aliphatic carbocycles. The van der Waals surface area contributed by atoms with Gasteiger partial charge in [-0.25, -0.2) is 0 Å². The summed E-state index contributed by atoms with van der Waals surface area (Å²) >= 11 is 2.07. The van der Waals surface area contributed by atoms with E-state index in [9.17, 15) is 4.79 Å². The van der Waals surface area contributed by atoms with Crippen LogP contribution in [0.15, 0.2) is 0 Å². The van der Waals surface area contributed by atoms with E-state index in [0.29, 0.717) is 18.5 Å². The van der Waals surface area contributed by atoms with Gasteiger partial charge >= 0.3 is 5.97 Å². The van der Waals surface area contributed by atoms with Gasteiger partial charge in [0.05, 0.1) is 0 Å². The Morgan fingerprint density at radius 1 is 1.41 bits per heavy atom. The Morgan fingerprint density at radius 2 is 2.24 bits per heavy atom. The normalized spacial score (nSPS) is 35.0. The van der Waals surface area contributed by atoms with Gasteiger partial charge in [0.1, 0.15) is 0 Å². The highest BCUT2D eigenvalue weighted by molar-refractivity contribution is 8.00. The van der Waals surface area contributed by atoms with Gasteiger partial charge in [-0.05, 0) is 38.0 Å². The second-order valence-electron chi connectivity index (χ2n) is 5.25. The van der Waals surface area contributed by atoms with E-state index in [-0.39, 0.29) is 0 Å². The van der Waals surface area contributed by atoms with Gasteiger partial charge in [-0.15, -0.1) is 0 Å². The monoisotopic (exact) mass is 257 g/mol. The van der Waals surface area contributed by atoms with Crippen molar-refractivity contribution in [3.63, 3.8) is 0 Å². The van der Waals surface area contributed by atoms with Crippen molar-refractivity contribution in [3.8, 4) is 0 Å². The number of piperidine rings is 1. The maximum atomic E-state index is 10.7. The summed E-state index contributed by atoms with van der Waals surface area (Å²) in [6, 6.07) is 1.21. The first-order valence-corrected chi connectivity index (χ1v) is 7.82. The van der Waals surface area contributed by atoms with Crippen molar-refractivity contribution in [1.29, 1.82) is 0 Å². The van der Waals surface area contributed by atoms with Gasteiger partial charge < -0.3 is 5.11 Å². The van der Waals surface area contributed by atoms with E-state index in [1.54, 1.807) is 0 Å². The highest BCUT2D eigenvalue weighted by Crippen LogP contribution is 2.34. The SMILES string of the molecule is CC1SCCC1N1CCCCC1CCC(=O)O. The topological polar surface area (TPSA) is 40.5 Å². The lowest BCUT2D eigenvalue weighted by Gasteiger charge is -2.41. The van der Waals surface area contributed by atoms with Crippen LogP contribution in [0.2, 0.25) is 0 Å². The molecule has 0 spiro atoms. The number of rotatable bonds is 4. The highest BCUT2D eigenvalue weighted by Gasteiger charge is 2.34.